The zero-order chi connectivity index (χ0) is 11.5. The van der Waals surface area contributed by atoms with Crippen molar-refractivity contribution in [3.63, 3.8) is 0 Å². The number of hydrogen-bond acceptors (Lipinski definition) is 3. The van der Waals surface area contributed by atoms with Gasteiger partial charge in [0, 0.05) is 15.2 Å². The fourth-order valence-electron chi connectivity index (χ4n) is 1.17. The standard InChI is InChI=1S/C12H16O2S/c1-12(2,3)15-11-6-5-10(14-4)7-9(11)8-13/h5-8H,1-4H3. The van der Waals surface area contributed by atoms with E-state index in [0.29, 0.717) is 5.56 Å². The second-order valence-electron chi connectivity index (χ2n) is 4.24. The fraction of sp³-hybridized carbons (Fsp3) is 0.417. The minimum atomic E-state index is 0.104. The highest BCUT2D eigenvalue weighted by molar-refractivity contribution is 8.00. The Labute approximate surface area is 95.0 Å². The maximum atomic E-state index is 10.9. The SMILES string of the molecule is COc1ccc(SC(C)(C)C)c(C=O)c1. The molecule has 0 aliphatic carbocycles. The molecule has 0 aliphatic heterocycles. The summed E-state index contributed by atoms with van der Waals surface area (Å²) >= 11 is 1.68. The molecule has 0 aromatic heterocycles. The minimum absolute atomic E-state index is 0.104. The Hall–Kier alpha value is -0.960. The van der Waals surface area contributed by atoms with Crippen molar-refractivity contribution in [2.45, 2.75) is 30.4 Å². The van der Waals surface area contributed by atoms with Gasteiger partial charge in [0.2, 0.25) is 0 Å². The first-order valence-electron chi connectivity index (χ1n) is 4.78. The Bertz CT molecular complexity index is 353. The summed E-state index contributed by atoms with van der Waals surface area (Å²) in [6.45, 7) is 6.36. The third-order valence-corrected chi connectivity index (χ3v) is 2.96. The molecule has 0 aliphatic rings. The van der Waals surface area contributed by atoms with Crippen LogP contribution in [0.15, 0.2) is 23.1 Å². The first-order valence-corrected chi connectivity index (χ1v) is 5.60. The molecule has 0 unspecified atom stereocenters. The van der Waals surface area contributed by atoms with Gasteiger partial charge in [-0.05, 0) is 18.2 Å². The molecule has 0 bridgehead atoms. The van der Waals surface area contributed by atoms with Gasteiger partial charge in [-0.15, -0.1) is 11.8 Å². The van der Waals surface area contributed by atoms with Crippen LogP contribution >= 0.6 is 11.8 Å². The molecule has 0 atom stereocenters. The van der Waals surface area contributed by atoms with Crippen LogP contribution in [0.3, 0.4) is 0 Å². The van der Waals surface area contributed by atoms with Gasteiger partial charge in [0.25, 0.3) is 0 Å². The summed E-state index contributed by atoms with van der Waals surface area (Å²) in [6.07, 6.45) is 0.872. The van der Waals surface area contributed by atoms with Gasteiger partial charge in [-0.3, -0.25) is 4.79 Å². The second-order valence-corrected chi connectivity index (χ2v) is 6.10. The van der Waals surface area contributed by atoms with Gasteiger partial charge in [0.05, 0.1) is 7.11 Å². The monoisotopic (exact) mass is 224 g/mol. The molecule has 1 aromatic rings. The van der Waals surface area contributed by atoms with Crippen LogP contribution in [0, 0.1) is 0 Å². The highest BCUT2D eigenvalue weighted by atomic mass is 32.2. The molecule has 0 amide bonds. The van der Waals surface area contributed by atoms with E-state index in [2.05, 4.69) is 20.8 Å². The summed E-state index contributed by atoms with van der Waals surface area (Å²) in [7, 11) is 1.60. The smallest absolute Gasteiger partial charge is 0.151 e. The zero-order valence-electron chi connectivity index (χ0n) is 9.53. The van der Waals surface area contributed by atoms with Gasteiger partial charge in [-0.2, -0.15) is 0 Å². The number of methoxy groups -OCH3 is 1. The molecule has 0 fully saturated rings. The number of hydrogen-bond donors (Lipinski definition) is 0. The maximum absolute atomic E-state index is 10.9. The van der Waals surface area contributed by atoms with Crippen molar-refractivity contribution in [2.75, 3.05) is 7.11 Å². The van der Waals surface area contributed by atoms with Crippen molar-refractivity contribution in [1.29, 1.82) is 0 Å². The molecule has 1 rings (SSSR count). The van der Waals surface area contributed by atoms with Gasteiger partial charge in [0.1, 0.15) is 5.75 Å². The molecule has 0 N–H and O–H groups in total. The molecule has 2 nitrogen and oxygen atoms in total. The van der Waals surface area contributed by atoms with Crippen molar-refractivity contribution in [1.82, 2.24) is 0 Å². The number of thioether (sulfide) groups is 1. The molecule has 1 aromatic carbocycles. The van der Waals surface area contributed by atoms with Crippen LogP contribution in [0.5, 0.6) is 5.75 Å². The Kier molecular flexibility index (Phi) is 3.80. The van der Waals surface area contributed by atoms with Crippen LogP contribution < -0.4 is 4.74 Å². The van der Waals surface area contributed by atoms with Crippen molar-refractivity contribution in [3.8, 4) is 5.75 Å². The number of carbonyl (C=O) groups is 1. The predicted molar refractivity (Wildman–Crippen MR) is 64.0 cm³/mol. The van der Waals surface area contributed by atoms with Crippen molar-refractivity contribution >= 4 is 18.0 Å². The highest BCUT2D eigenvalue weighted by Gasteiger charge is 2.14. The van der Waals surface area contributed by atoms with E-state index in [9.17, 15) is 4.79 Å². The molecular formula is C12H16O2S. The molecule has 0 heterocycles. The maximum Gasteiger partial charge on any atom is 0.151 e. The molecule has 3 heteroatoms. The third kappa shape index (κ3) is 3.59. The number of aldehydes is 1. The quantitative estimate of drug-likeness (QED) is 0.581. The van der Waals surface area contributed by atoms with Crippen LogP contribution in [-0.4, -0.2) is 18.1 Å². The van der Waals surface area contributed by atoms with E-state index in [1.54, 1.807) is 24.9 Å². The molecule has 0 saturated carbocycles. The Balaban J connectivity index is 3.03. The number of carbonyl (C=O) groups excluding carboxylic acids is 1. The van der Waals surface area contributed by atoms with Gasteiger partial charge in [-0.1, -0.05) is 20.8 Å². The summed E-state index contributed by atoms with van der Waals surface area (Å²) < 4.78 is 5.18. The largest absolute Gasteiger partial charge is 0.497 e. The average molecular weight is 224 g/mol. The lowest BCUT2D eigenvalue weighted by Crippen LogP contribution is -2.07. The zero-order valence-corrected chi connectivity index (χ0v) is 10.4. The molecule has 0 radical (unpaired) electrons. The van der Waals surface area contributed by atoms with Gasteiger partial charge >= 0.3 is 0 Å². The van der Waals surface area contributed by atoms with E-state index in [1.165, 1.54) is 0 Å². The average Bonchev–Trinajstić information content (AvgIpc) is 2.16. The van der Waals surface area contributed by atoms with Crippen molar-refractivity contribution in [2.24, 2.45) is 0 Å². The second kappa shape index (κ2) is 4.71. The van der Waals surface area contributed by atoms with E-state index >= 15 is 0 Å². The summed E-state index contributed by atoms with van der Waals surface area (Å²) in [6, 6.07) is 5.57. The lowest BCUT2D eigenvalue weighted by Gasteiger charge is -2.18. The van der Waals surface area contributed by atoms with Gasteiger partial charge in [-0.25, -0.2) is 0 Å². The molecule has 15 heavy (non-hydrogen) atoms. The van der Waals surface area contributed by atoms with Gasteiger partial charge < -0.3 is 4.74 Å². The summed E-state index contributed by atoms with van der Waals surface area (Å²) in [5.74, 6) is 0.718. The van der Waals surface area contributed by atoms with Crippen molar-refractivity contribution in [3.05, 3.63) is 23.8 Å². The summed E-state index contributed by atoms with van der Waals surface area (Å²) in [4.78, 5) is 11.9. The van der Waals surface area contributed by atoms with Gasteiger partial charge in [0.15, 0.2) is 6.29 Å². The van der Waals surface area contributed by atoms with Crippen LogP contribution in [0.25, 0.3) is 0 Å². The highest BCUT2D eigenvalue weighted by Crippen LogP contribution is 2.34. The lowest BCUT2D eigenvalue weighted by atomic mass is 10.2. The normalized spacial score (nSPS) is 11.2. The molecule has 0 saturated heterocycles. The van der Waals surface area contributed by atoms with E-state index in [-0.39, 0.29) is 4.75 Å². The topological polar surface area (TPSA) is 26.3 Å². The predicted octanol–water partition coefficient (Wildman–Crippen LogP) is 3.40. The molecular weight excluding hydrogens is 208 g/mol. The van der Waals surface area contributed by atoms with Crippen LogP contribution in [0.4, 0.5) is 0 Å². The number of benzene rings is 1. The Morgan fingerprint density at radius 3 is 2.47 bits per heavy atom. The van der Waals surface area contributed by atoms with Crippen LogP contribution in [0.2, 0.25) is 0 Å². The third-order valence-electron chi connectivity index (χ3n) is 1.76. The van der Waals surface area contributed by atoms with Crippen molar-refractivity contribution < 1.29 is 9.53 Å². The fourth-order valence-corrected chi connectivity index (χ4v) is 2.19. The Morgan fingerprint density at radius 2 is 2.00 bits per heavy atom. The lowest BCUT2D eigenvalue weighted by molar-refractivity contribution is 0.112. The Morgan fingerprint density at radius 1 is 1.33 bits per heavy atom. The first kappa shape index (κ1) is 12.1. The minimum Gasteiger partial charge on any atom is -0.497 e. The first-order chi connectivity index (χ1) is 6.96. The molecule has 0 spiro atoms. The summed E-state index contributed by atoms with van der Waals surface area (Å²) in [5.41, 5.74) is 0.689. The summed E-state index contributed by atoms with van der Waals surface area (Å²) in [5, 5.41) is 0. The van der Waals surface area contributed by atoms with Crippen LogP contribution in [0.1, 0.15) is 31.1 Å². The molecule has 82 valence electrons. The van der Waals surface area contributed by atoms with Crippen LogP contribution in [-0.2, 0) is 0 Å². The number of rotatable bonds is 3. The van der Waals surface area contributed by atoms with E-state index in [0.717, 1.165) is 16.9 Å². The van der Waals surface area contributed by atoms with E-state index in [4.69, 9.17) is 4.74 Å². The van der Waals surface area contributed by atoms with E-state index in [1.807, 2.05) is 12.1 Å². The van der Waals surface area contributed by atoms with E-state index < -0.39 is 0 Å². The number of ether oxygens (including phenoxy) is 1.